The van der Waals surface area contributed by atoms with Gasteiger partial charge in [-0.3, -0.25) is 4.79 Å². The fourth-order valence-electron chi connectivity index (χ4n) is 2.48. The Morgan fingerprint density at radius 3 is 2.56 bits per heavy atom. The summed E-state index contributed by atoms with van der Waals surface area (Å²) in [6, 6.07) is 13.8. The number of ether oxygens (including phenoxy) is 3. The van der Waals surface area contributed by atoms with Crippen LogP contribution in [0, 0.1) is 0 Å². The number of hydrogen-bond acceptors (Lipinski definition) is 5. The average molecular weight is 341 g/mol. The third kappa shape index (κ3) is 4.29. The van der Waals surface area contributed by atoms with Crippen LogP contribution in [0.25, 0.3) is 0 Å². The summed E-state index contributed by atoms with van der Waals surface area (Å²) in [4.78, 5) is 23.8. The summed E-state index contributed by atoms with van der Waals surface area (Å²) in [6.45, 7) is 2.56. The summed E-state index contributed by atoms with van der Waals surface area (Å²) in [5.41, 5.74) is 1.29. The molecule has 3 rings (SSSR count). The van der Waals surface area contributed by atoms with Crippen molar-refractivity contribution in [3.63, 3.8) is 0 Å². The van der Waals surface area contributed by atoms with Crippen molar-refractivity contribution >= 4 is 11.9 Å². The lowest BCUT2D eigenvalue weighted by Gasteiger charge is -2.21. The van der Waals surface area contributed by atoms with Gasteiger partial charge in [-0.15, -0.1) is 0 Å². The van der Waals surface area contributed by atoms with Crippen molar-refractivity contribution in [2.24, 2.45) is 0 Å². The zero-order valence-corrected chi connectivity index (χ0v) is 13.9. The average Bonchev–Trinajstić information content (AvgIpc) is 2.66. The van der Waals surface area contributed by atoms with E-state index in [2.05, 4.69) is 5.32 Å². The summed E-state index contributed by atoms with van der Waals surface area (Å²) >= 11 is 0. The number of fused-ring (bicyclic) bond motifs is 1. The van der Waals surface area contributed by atoms with Gasteiger partial charge in [0.15, 0.2) is 18.1 Å². The zero-order chi connectivity index (χ0) is 17.6. The van der Waals surface area contributed by atoms with E-state index in [1.165, 1.54) is 0 Å². The quantitative estimate of drug-likeness (QED) is 0.846. The van der Waals surface area contributed by atoms with Crippen molar-refractivity contribution in [1.82, 2.24) is 5.32 Å². The first-order valence-electron chi connectivity index (χ1n) is 8.04. The standard InChI is InChI=1S/C19H19NO5/c1-13(15-7-8-16-17(11-15)24-10-9-23-16)20-18(21)12-25-19(22)14-5-3-2-4-6-14/h2-8,11,13H,9-10,12H2,1H3,(H,20,21)/t13-/m1/s1. The van der Waals surface area contributed by atoms with Crippen molar-refractivity contribution in [3.8, 4) is 11.5 Å². The van der Waals surface area contributed by atoms with Gasteiger partial charge in [-0.1, -0.05) is 24.3 Å². The summed E-state index contributed by atoms with van der Waals surface area (Å²) in [7, 11) is 0. The Balaban J connectivity index is 1.53. The molecule has 1 atom stereocenters. The molecule has 2 aromatic rings. The van der Waals surface area contributed by atoms with Gasteiger partial charge in [0, 0.05) is 0 Å². The monoisotopic (exact) mass is 341 g/mol. The van der Waals surface area contributed by atoms with E-state index in [1.807, 2.05) is 25.1 Å². The van der Waals surface area contributed by atoms with Crippen LogP contribution in [0.3, 0.4) is 0 Å². The van der Waals surface area contributed by atoms with Crippen molar-refractivity contribution in [1.29, 1.82) is 0 Å². The second kappa shape index (κ2) is 7.70. The normalized spacial score (nSPS) is 13.6. The molecule has 0 unspecified atom stereocenters. The fraction of sp³-hybridized carbons (Fsp3) is 0.263. The number of carbonyl (C=O) groups is 2. The number of esters is 1. The molecule has 0 aliphatic carbocycles. The lowest BCUT2D eigenvalue weighted by molar-refractivity contribution is -0.124. The van der Waals surface area contributed by atoms with E-state index < -0.39 is 5.97 Å². The number of nitrogens with one attached hydrogen (secondary N) is 1. The molecule has 0 saturated heterocycles. The van der Waals surface area contributed by atoms with E-state index >= 15 is 0 Å². The maximum absolute atomic E-state index is 12.0. The van der Waals surface area contributed by atoms with E-state index in [0.29, 0.717) is 30.3 Å². The topological polar surface area (TPSA) is 73.9 Å². The van der Waals surface area contributed by atoms with Crippen LogP contribution < -0.4 is 14.8 Å². The Labute approximate surface area is 145 Å². The third-order valence-electron chi connectivity index (χ3n) is 3.79. The highest BCUT2D eigenvalue weighted by molar-refractivity contribution is 5.91. The lowest BCUT2D eigenvalue weighted by atomic mass is 10.1. The molecule has 6 heteroatoms. The van der Waals surface area contributed by atoms with Gasteiger partial charge in [0.2, 0.25) is 0 Å². The summed E-state index contributed by atoms with van der Waals surface area (Å²) in [6.07, 6.45) is 0. The number of amides is 1. The number of carbonyl (C=O) groups excluding carboxylic acids is 2. The Kier molecular flexibility index (Phi) is 5.18. The smallest absolute Gasteiger partial charge is 0.338 e. The Bertz CT molecular complexity index is 760. The van der Waals surface area contributed by atoms with Gasteiger partial charge in [0.25, 0.3) is 5.91 Å². The molecule has 2 aromatic carbocycles. The van der Waals surface area contributed by atoms with Gasteiger partial charge in [-0.2, -0.15) is 0 Å². The molecule has 1 heterocycles. The molecule has 0 fully saturated rings. The summed E-state index contributed by atoms with van der Waals surface area (Å²) in [5.74, 6) is 0.472. The van der Waals surface area contributed by atoms with Crippen LogP contribution in [0.2, 0.25) is 0 Å². The van der Waals surface area contributed by atoms with Gasteiger partial charge in [-0.05, 0) is 36.8 Å². The van der Waals surface area contributed by atoms with Crippen molar-refractivity contribution in [3.05, 3.63) is 59.7 Å². The molecule has 0 radical (unpaired) electrons. The van der Waals surface area contributed by atoms with Crippen LogP contribution in [0.15, 0.2) is 48.5 Å². The summed E-state index contributed by atoms with van der Waals surface area (Å²) in [5, 5.41) is 2.80. The van der Waals surface area contributed by atoms with Crippen LogP contribution in [-0.4, -0.2) is 31.7 Å². The minimum atomic E-state index is -0.525. The second-order valence-electron chi connectivity index (χ2n) is 5.63. The van der Waals surface area contributed by atoms with Gasteiger partial charge in [0.05, 0.1) is 11.6 Å². The molecule has 1 aliphatic heterocycles. The first-order chi connectivity index (χ1) is 12.1. The van der Waals surface area contributed by atoms with Gasteiger partial charge < -0.3 is 19.5 Å². The van der Waals surface area contributed by atoms with E-state index in [1.54, 1.807) is 30.3 Å². The van der Waals surface area contributed by atoms with E-state index in [9.17, 15) is 9.59 Å². The van der Waals surface area contributed by atoms with Crippen molar-refractivity contribution in [2.45, 2.75) is 13.0 Å². The Morgan fingerprint density at radius 2 is 1.80 bits per heavy atom. The van der Waals surface area contributed by atoms with E-state index in [0.717, 1.165) is 5.56 Å². The van der Waals surface area contributed by atoms with Gasteiger partial charge >= 0.3 is 5.97 Å². The zero-order valence-electron chi connectivity index (χ0n) is 13.9. The largest absolute Gasteiger partial charge is 0.486 e. The molecule has 0 aromatic heterocycles. The molecule has 0 bridgehead atoms. The van der Waals surface area contributed by atoms with Crippen LogP contribution in [-0.2, 0) is 9.53 Å². The van der Waals surface area contributed by atoms with E-state index in [-0.39, 0.29) is 18.6 Å². The Hall–Kier alpha value is -3.02. The minimum Gasteiger partial charge on any atom is -0.486 e. The lowest BCUT2D eigenvalue weighted by Crippen LogP contribution is -2.31. The molecule has 0 saturated carbocycles. The number of rotatable bonds is 5. The molecule has 130 valence electrons. The number of benzene rings is 2. The van der Waals surface area contributed by atoms with Crippen LogP contribution in [0.5, 0.6) is 11.5 Å². The van der Waals surface area contributed by atoms with Crippen LogP contribution in [0.1, 0.15) is 28.9 Å². The summed E-state index contributed by atoms with van der Waals surface area (Å²) < 4.78 is 16.0. The van der Waals surface area contributed by atoms with Crippen LogP contribution >= 0.6 is 0 Å². The first kappa shape index (κ1) is 16.8. The minimum absolute atomic E-state index is 0.251. The SMILES string of the molecule is C[C@@H](NC(=O)COC(=O)c1ccccc1)c1ccc2c(c1)OCCO2. The third-order valence-corrected chi connectivity index (χ3v) is 3.79. The van der Waals surface area contributed by atoms with Crippen LogP contribution in [0.4, 0.5) is 0 Å². The first-order valence-corrected chi connectivity index (χ1v) is 8.04. The number of hydrogen-bond donors (Lipinski definition) is 1. The highest BCUT2D eigenvalue weighted by atomic mass is 16.6. The molecule has 1 amide bonds. The molecular formula is C19H19NO5. The molecule has 1 N–H and O–H groups in total. The van der Waals surface area contributed by atoms with Crippen molar-refractivity contribution < 1.29 is 23.8 Å². The highest BCUT2D eigenvalue weighted by Gasteiger charge is 2.16. The van der Waals surface area contributed by atoms with Crippen molar-refractivity contribution in [2.75, 3.05) is 19.8 Å². The maximum atomic E-state index is 12.0. The van der Waals surface area contributed by atoms with Gasteiger partial charge in [0.1, 0.15) is 13.2 Å². The highest BCUT2D eigenvalue weighted by Crippen LogP contribution is 2.32. The fourth-order valence-corrected chi connectivity index (χ4v) is 2.48. The molecule has 0 spiro atoms. The predicted molar refractivity (Wildman–Crippen MR) is 90.7 cm³/mol. The second-order valence-corrected chi connectivity index (χ2v) is 5.63. The Morgan fingerprint density at radius 1 is 1.08 bits per heavy atom. The molecule has 1 aliphatic rings. The van der Waals surface area contributed by atoms with Gasteiger partial charge in [-0.25, -0.2) is 4.79 Å². The van der Waals surface area contributed by atoms with E-state index in [4.69, 9.17) is 14.2 Å². The predicted octanol–water partition coefficient (Wildman–Crippen LogP) is 2.49. The molecule has 6 nitrogen and oxygen atoms in total. The molecular weight excluding hydrogens is 322 g/mol. The maximum Gasteiger partial charge on any atom is 0.338 e. The molecule has 25 heavy (non-hydrogen) atoms.